The predicted octanol–water partition coefficient (Wildman–Crippen LogP) is 2.01. The van der Waals surface area contributed by atoms with Gasteiger partial charge in [-0.3, -0.25) is 5.10 Å². The number of aromatic nitrogens is 2. The van der Waals surface area contributed by atoms with E-state index in [1.807, 2.05) is 0 Å². The van der Waals surface area contributed by atoms with Crippen LogP contribution in [0.2, 0.25) is 0 Å². The van der Waals surface area contributed by atoms with Crippen molar-refractivity contribution in [3.8, 4) is 0 Å². The van der Waals surface area contributed by atoms with Crippen LogP contribution >= 0.6 is 0 Å². The zero-order valence-corrected chi connectivity index (χ0v) is 7.81. The van der Waals surface area contributed by atoms with Crippen molar-refractivity contribution in [2.45, 2.75) is 33.1 Å². The minimum absolute atomic E-state index is 0.557. The molecule has 3 rings (SSSR count). The Morgan fingerprint density at radius 3 is 3.00 bits per heavy atom. The molecule has 2 nitrogen and oxygen atoms in total. The summed E-state index contributed by atoms with van der Waals surface area (Å²) in [6, 6.07) is 0. The SMILES string of the molecule is Cc1[nH]nc2c1[C@H]1[C@H](C2)C1(C)C. The Balaban J connectivity index is 2.14. The molecular weight excluding hydrogens is 148 g/mol. The Kier molecular flexibility index (Phi) is 0.897. The summed E-state index contributed by atoms with van der Waals surface area (Å²) in [5.41, 5.74) is 4.72. The van der Waals surface area contributed by atoms with E-state index in [0.717, 1.165) is 11.8 Å². The molecule has 2 aliphatic rings. The van der Waals surface area contributed by atoms with E-state index in [4.69, 9.17) is 0 Å². The van der Waals surface area contributed by atoms with Gasteiger partial charge in [-0.1, -0.05) is 13.8 Å². The van der Waals surface area contributed by atoms with E-state index in [-0.39, 0.29) is 0 Å². The fraction of sp³-hybridized carbons (Fsp3) is 0.700. The molecule has 0 unspecified atom stereocenters. The normalized spacial score (nSPS) is 34.6. The van der Waals surface area contributed by atoms with Gasteiger partial charge in [0.15, 0.2) is 0 Å². The number of aromatic amines is 1. The van der Waals surface area contributed by atoms with Crippen LogP contribution in [0.3, 0.4) is 0 Å². The molecule has 64 valence electrons. The average Bonchev–Trinajstić information content (AvgIpc) is 2.41. The third kappa shape index (κ3) is 0.530. The maximum absolute atomic E-state index is 4.32. The van der Waals surface area contributed by atoms with Crippen molar-refractivity contribution in [1.82, 2.24) is 10.2 Å². The summed E-state index contributed by atoms with van der Waals surface area (Å²) in [5, 5.41) is 7.40. The second-order valence-corrected chi connectivity index (χ2v) is 4.82. The summed E-state index contributed by atoms with van der Waals surface area (Å²) in [6.07, 6.45) is 1.21. The van der Waals surface area contributed by atoms with Crippen LogP contribution in [0, 0.1) is 18.3 Å². The number of nitrogens with one attached hydrogen (secondary N) is 1. The Labute approximate surface area is 72.4 Å². The number of rotatable bonds is 0. The van der Waals surface area contributed by atoms with Gasteiger partial charge in [-0.15, -0.1) is 0 Å². The fourth-order valence-corrected chi connectivity index (χ4v) is 2.96. The second-order valence-electron chi connectivity index (χ2n) is 4.82. The highest BCUT2D eigenvalue weighted by Crippen LogP contribution is 2.70. The van der Waals surface area contributed by atoms with Crippen molar-refractivity contribution in [2.24, 2.45) is 11.3 Å². The Morgan fingerprint density at radius 1 is 1.50 bits per heavy atom. The van der Waals surface area contributed by atoms with Gasteiger partial charge in [0, 0.05) is 5.69 Å². The topological polar surface area (TPSA) is 28.7 Å². The number of hydrogen-bond acceptors (Lipinski definition) is 1. The molecule has 0 aromatic carbocycles. The molecule has 0 spiro atoms. The van der Waals surface area contributed by atoms with Gasteiger partial charge in [-0.25, -0.2) is 0 Å². The maximum atomic E-state index is 4.32. The van der Waals surface area contributed by atoms with Gasteiger partial charge >= 0.3 is 0 Å². The highest BCUT2D eigenvalue weighted by molar-refractivity contribution is 5.44. The van der Waals surface area contributed by atoms with E-state index >= 15 is 0 Å². The van der Waals surface area contributed by atoms with Gasteiger partial charge in [0.05, 0.1) is 5.69 Å². The van der Waals surface area contributed by atoms with Gasteiger partial charge in [0.1, 0.15) is 0 Å². The molecule has 0 amide bonds. The quantitative estimate of drug-likeness (QED) is 0.621. The highest BCUT2D eigenvalue weighted by Gasteiger charge is 2.63. The monoisotopic (exact) mass is 162 g/mol. The standard InChI is InChI=1S/C10H14N2/c1-5-8-7(12-11-5)4-6-9(8)10(6,2)3/h6,9H,4H2,1-3H3,(H,11,12)/t6-,9+/m0/s1. The minimum Gasteiger partial charge on any atom is -0.282 e. The molecule has 0 radical (unpaired) electrons. The minimum atomic E-state index is 0.557. The lowest BCUT2D eigenvalue weighted by Gasteiger charge is -2.06. The molecule has 2 aliphatic carbocycles. The zero-order chi connectivity index (χ0) is 8.51. The first-order chi connectivity index (χ1) is 5.62. The lowest BCUT2D eigenvalue weighted by Crippen LogP contribution is -1.99. The van der Waals surface area contributed by atoms with Gasteiger partial charge in [-0.05, 0) is 36.2 Å². The van der Waals surface area contributed by atoms with E-state index in [1.54, 1.807) is 0 Å². The second kappa shape index (κ2) is 1.61. The van der Waals surface area contributed by atoms with E-state index in [1.165, 1.54) is 23.4 Å². The first-order valence-corrected chi connectivity index (χ1v) is 4.66. The predicted molar refractivity (Wildman–Crippen MR) is 47.0 cm³/mol. The first kappa shape index (κ1) is 6.70. The summed E-state index contributed by atoms with van der Waals surface area (Å²) in [7, 11) is 0. The van der Waals surface area contributed by atoms with Crippen molar-refractivity contribution in [3.63, 3.8) is 0 Å². The van der Waals surface area contributed by atoms with E-state index in [2.05, 4.69) is 31.0 Å². The van der Waals surface area contributed by atoms with Gasteiger partial charge in [0.25, 0.3) is 0 Å². The van der Waals surface area contributed by atoms with Crippen LogP contribution < -0.4 is 0 Å². The number of hydrogen-bond donors (Lipinski definition) is 1. The summed E-state index contributed by atoms with van der Waals surface area (Å²) in [5.74, 6) is 1.70. The Bertz CT molecular complexity index is 349. The molecule has 1 saturated carbocycles. The molecule has 1 fully saturated rings. The largest absolute Gasteiger partial charge is 0.282 e. The zero-order valence-electron chi connectivity index (χ0n) is 7.81. The summed E-state index contributed by atoms with van der Waals surface area (Å²) in [6.45, 7) is 6.89. The number of nitrogens with zero attached hydrogens (tertiary/aromatic N) is 1. The van der Waals surface area contributed by atoms with Crippen LogP contribution in [-0.4, -0.2) is 10.2 Å². The molecule has 12 heavy (non-hydrogen) atoms. The Hall–Kier alpha value is -0.790. The van der Waals surface area contributed by atoms with Crippen molar-refractivity contribution in [2.75, 3.05) is 0 Å². The molecule has 1 aromatic rings. The van der Waals surface area contributed by atoms with Crippen LogP contribution in [0.15, 0.2) is 0 Å². The van der Waals surface area contributed by atoms with Crippen molar-refractivity contribution in [3.05, 3.63) is 17.0 Å². The van der Waals surface area contributed by atoms with Crippen molar-refractivity contribution in [1.29, 1.82) is 0 Å². The summed E-state index contributed by atoms with van der Waals surface area (Å²) >= 11 is 0. The average molecular weight is 162 g/mol. The van der Waals surface area contributed by atoms with Crippen LogP contribution in [-0.2, 0) is 6.42 Å². The molecule has 1 N–H and O–H groups in total. The Morgan fingerprint density at radius 2 is 2.25 bits per heavy atom. The highest BCUT2D eigenvalue weighted by atomic mass is 15.1. The molecule has 1 heterocycles. The molecule has 2 heteroatoms. The maximum Gasteiger partial charge on any atom is 0.0663 e. The van der Waals surface area contributed by atoms with Crippen molar-refractivity contribution < 1.29 is 0 Å². The third-order valence-corrected chi connectivity index (χ3v) is 3.85. The molecule has 2 atom stereocenters. The van der Waals surface area contributed by atoms with E-state index in [9.17, 15) is 0 Å². The third-order valence-electron chi connectivity index (χ3n) is 3.85. The number of aryl methyl sites for hydroxylation is 1. The fourth-order valence-electron chi connectivity index (χ4n) is 2.96. The molecule has 0 bridgehead atoms. The first-order valence-electron chi connectivity index (χ1n) is 4.66. The van der Waals surface area contributed by atoms with Crippen LogP contribution in [0.1, 0.15) is 36.7 Å². The smallest absolute Gasteiger partial charge is 0.0663 e. The lowest BCUT2D eigenvalue weighted by molar-refractivity contribution is 0.537. The van der Waals surface area contributed by atoms with Gasteiger partial charge in [0.2, 0.25) is 0 Å². The molecule has 0 saturated heterocycles. The van der Waals surface area contributed by atoms with Gasteiger partial charge < -0.3 is 0 Å². The molecule has 0 aliphatic heterocycles. The van der Waals surface area contributed by atoms with Crippen LogP contribution in [0.25, 0.3) is 0 Å². The number of H-pyrrole nitrogens is 1. The summed E-state index contributed by atoms with van der Waals surface area (Å²) < 4.78 is 0. The van der Waals surface area contributed by atoms with Gasteiger partial charge in [-0.2, -0.15) is 5.10 Å². The van der Waals surface area contributed by atoms with Crippen LogP contribution in [0.4, 0.5) is 0 Å². The van der Waals surface area contributed by atoms with Crippen LogP contribution in [0.5, 0.6) is 0 Å². The molecule has 1 aromatic heterocycles. The van der Waals surface area contributed by atoms with E-state index in [0.29, 0.717) is 5.41 Å². The van der Waals surface area contributed by atoms with E-state index < -0.39 is 0 Å². The van der Waals surface area contributed by atoms with Crippen molar-refractivity contribution >= 4 is 0 Å². The summed E-state index contributed by atoms with van der Waals surface area (Å²) in [4.78, 5) is 0. The lowest BCUT2D eigenvalue weighted by atomic mass is 9.98. The number of fused-ring (bicyclic) bond motifs is 3. The molecular formula is C10H14N2.